The molecular weight excluding hydrogens is 378 g/mol. The minimum Gasteiger partial charge on any atom is -0.495 e. The van der Waals surface area contributed by atoms with Crippen LogP contribution in [0.5, 0.6) is 5.75 Å². The number of methoxy groups -OCH3 is 1. The second-order valence-electron chi connectivity index (χ2n) is 7.68. The van der Waals surface area contributed by atoms with E-state index in [0.717, 1.165) is 56.3 Å². The Labute approximate surface area is 174 Å². The number of amides is 1. The number of pyridine rings is 1. The summed E-state index contributed by atoms with van der Waals surface area (Å²) in [4.78, 5) is 21.0. The Balaban J connectivity index is 1.67. The predicted octanol–water partition coefficient (Wildman–Crippen LogP) is 4.23. The van der Waals surface area contributed by atoms with Crippen molar-refractivity contribution in [3.63, 3.8) is 0 Å². The van der Waals surface area contributed by atoms with Gasteiger partial charge >= 0.3 is 0 Å². The van der Waals surface area contributed by atoms with Gasteiger partial charge in [0, 0.05) is 23.5 Å². The van der Waals surface area contributed by atoms with Gasteiger partial charge < -0.3 is 19.4 Å². The van der Waals surface area contributed by atoms with Crippen LogP contribution in [0.2, 0.25) is 0 Å². The second kappa shape index (κ2) is 7.46. The van der Waals surface area contributed by atoms with Gasteiger partial charge in [0.15, 0.2) is 0 Å². The number of hydrogen-bond acceptors (Lipinski definition) is 4. The number of carbonyl (C=O) groups is 1. The molecule has 1 aliphatic heterocycles. The van der Waals surface area contributed by atoms with Gasteiger partial charge in [-0.1, -0.05) is 18.2 Å². The van der Waals surface area contributed by atoms with Gasteiger partial charge in [0.05, 0.1) is 25.8 Å². The molecule has 1 unspecified atom stereocenters. The van der Waals surface area contributed by atoms with Crippen molar-refractivity contribution in [2.24, 2.45) is 0 Å². The third-order valence-corrected chi connectivity index (χ3v) is 5.74. The zero-order valence-electron chi connectivity index (χ0n) is 17.0. The number of aromatic amines is 1. The van der Waals surface area contributed by atoms with Crippen molar-refractivity contribution in [3.05, 3.63) is 59.8 Å². The molecule has 1 fully saturated rings. The Morgan fingerprint density at radius 2 is 2.17 bits per heavy atom. The minimum absolute atomic E-state index is 0.121. The molecule has 1 aliphatic rings. The summed E-state index contributed by atoms with van der Waals surface area (Å²) < 4.78 is 11.5. The summed E-state index contributed by atoms with van der Waals surface area (Å²) in [7, 11) is 1.68. The molecule has 0 radical (unpaired) electrons. The van der Waals surface area contributed by atoms with Crippen molar-refractivity contribution < 1.29 is 14.3 Å². The number of carbonyl (C=O) groups excluding carboxylic acids is 1. The molecule has 0 aliphatic carbocycles. The van der Waals surface area contributed by atoms with Gasteiger partial charge in [0.25, 0.3) is 0 Å². The molecule has 4 aromatic rings. The first kappa shape index (κ1) is 18.6. The Morgan fingerprint density at radius 3 is 3.00 bits per heavy atom. The fraction of sp³-hybridized carbons (Fsp3) is 0.250. The average Bonchev–Trinajstić information content (AvgIpc) is 3.17. The maximum atomic E-state index is 11.2. The van der Waals surface area contributed by atoms with Gasteiger partial charge in [-0.2, -0.15) is 0 Å². The third kappa shape index (κ3) is 3.09. The Bertz CT molecular complexity index is 1250. The summed E-state index contributed by atoms with van der Waals surface area (Å²) in [6, 6.07) is 14.6. The first-order chi connectivity index (χ1) is 14.7. The summed E-state index contributed by atoms with van der Waals surface area (Å²) in [6.45, 7) is 3.81. The van der Waals surface area contributed by atoms with Gasteiger partial charge in [-0.05, 0) is 53.4 Å². The Morgan fingerprint density at radius 1 is 1.27 bits per heavy atom. The van der Waals surface area contributed by atoms with Gasteiger partial charge in [-0.15, -0.1) is 0 Å². The fourth-order valence-corrected chi connectivity index (χ4v) is 4.25. The summed E-state index contributed by atoms with van der Waals surface area (Å²) in [6.07, 6.45) is 2.64. The fourth-order valence-electron chi connectivity index (χ4n) is 4.25. The van der Waals surface area contributed by atoms with E-state index >= 15 is 0 Å². The maximum Gasteiger partial charge on any atom is 0.209 e. The van der Waals surface area contributed by atoms with Gasteiger partial charge in [0.2, 0.25) is 6.41 Å². The monoisotopic (exact) mass is 401 g/mol. The minimum atomic E-state index is -0.121. The number of benzene rings is 2. The van der Waals surface area contributed by atoms with E-state index in [1.54, 1.807) is 12.0 Å². The highest BCUT2D eigenvalue weighted by molar-refractivity contribution is 6.15. The van der Waals surface area contributed by atoms with Crippen molar-refractivity contribution in [1.29, 1.82) is 0 Å². The van der Waals surface area contributed by atoms with E-state index < -0.39 is 0 Å². The van der Waals surface area contributed by atoms with Gasteiger partial charge in [-0.3, -0.25) is 4.79 Å². The average molecular weight is 401 g/mol. The standard InChI is InChI=1S/C24H23N3O3/c1-15-10-19-22-18(6-7-20(29-2)23(22)26-24(19)25-12-15)16-4-3-5-17(11-16)21-13-27(14-28)8-9-30-21/h3-7,10-12,14,21H,8-9,13H2,1-2H3,(H,25,26). The van der Waals surface area contributed by atoms with Crippen molar-refractivity contribution in [3.8, 4) is 16.9 Å². The molecule has 1 N–H and O–H groups in total. The summed E-state index contributed by atoms with van der Waals surface area (Å²) in [5.41, 5.74) is 6.15. The van der Waals surface area contributed by atoms with Crippen LogP contribution in [0.25, 0.3) is 33.1 Å². The second-order valence-corrected chi connectivity index (χ2v) is 7.68. The first-order valence-corrected chi connectivity index (χ1v) is 10.0. The third-order valence-electron chi connectivity index (χ3n) is 5.74. The van der Waals surface area contributed by atoms with Crippen LogP contribution in [0.1, 0.15) is 17.2 Å². The van der Waals surface area contributed by atoms with E-state index in [2.05, 4.69) is 40.3 Å². The van der Waals surface area contributed by atoms with E-state index in [1.807, 2.05) is 25.3 Å². The van der Waals surface area contributed by atoms with E-state index in [0.29, 0.717) is 19.7 Å². The smallest absolute Gasteiger partial charge is 0.209 e. The largest absolute Gasteiger partial charge is 0.495 e. The molecule has 0 bridgehead atoms. The zero-order valence-corrected chi connectivity index (χ0v) is 17.0. The molecule has 1 atom stereocenters. The van der Waals surface area contributed by atoms with E-state index in [9.17, 15) is 4.79 Å². The molecule has 1 amide bonds. The SMILES string of the molecule is COc1ccc(-c2cccc(C3CN(C=O)CCO3)c2)c2c1[nH]c1ncc(C)cc12. The van der Waals surface area contributed by atoms with Gasteiger partial charge in [-0.25, -0.2) is 4.98 Å². The number of nitrogens with one attached hydrogen (secondary N) is 1. The number of aromatic nitrogens is 2. The zero-order chi connectivity index (χ0) is 20.7. The van der Waals surface area contributed by atoms with E-state index in [4.69, 9.17) is 9.47 Å². The lowest BCUT2D eigenvalue weighted by Crippen LogP contribution is -2.37. The van der Waals surface area contributed by atoms with Crippen LogP contribution in [0.3, 0.4) is 0 Å². The number of morpholine rings is 1. The topological polar surface area (TPSA) is 67.4 Å². The first-order valence-electron chi connectivity index (χ1n) is 10.0. The summed E-state index contributed by atoms with van der Waals surface area (Å²) in [5.74, 6) is 0.790. The number of H-pyrrole nitrogens is 1. The molecule has 0 saturated carbocycles. The molecular formula is C24H23N3O3. The van der Waals surface area contributed by atoms with Gasteiger partial charge in [0.1, 0.15) is 17.5 Å². The molecule has 2 aromatic carbocycles. The van der Waals surface area contributed by atoms with Crippen LogP contribution in [0.15, 0.2) is 48.7 Å². The number of fused-ring (bicyclic) bond motifs is 3. The molecule has 5 rings (SSSR count). The molecule has 3 heterocycles. The molecule has 30 heavy (non-hydrogen) atoms. The van der Waals surface area contributed by atoms with Crippen LogP contribution in [-0.2, 0) is 9.53 Å². The summed E-state index contributed by atoms with van der Waals surface area (Å²) in [5, 5.41) is 2.17. The van der Waals surface area contributed by atoms with Crippen LogP contribution >= 0.6 is 0 Å². The van der Waals surface area contributed by atoms with Crippen LogP contribution in [0.4, 0.5) is 0 Å². The number of hydrogen-bond donors (Lipinski definition) is 1. The number of rotatable bonds is 4. The van der Waals surface area contributed by atoms with Crippen molar-refractivity contribution >= 4 is 28.3 Å². The molecule has 0 spiro atoms. The predicted molar refractivity (Wildman–Crippen MR) is 117 cm³/mol. The summed E-state index contributed by atoms with van der Waals surface area (Å²) >= 11 is 0. The quantitative estimate of drug-likeness (QED) is 0.520. The van der Waals surface area contributed by atoms with Crippen molar-refractivity contribution in [2.45, 2.75) is 13.0 Å². The van der Waals surface area contributed by atoms with E-state index in [-0.39, 0.29) is 6.10 Å². The lowest BCUT2D eigenvalue weighted by atomic mass is 9.96. The van der Waals surface area contributed by atoms with Crippen LogP contribution < -0.4 is 4.74 Å². The molecule has 152 valence electrons. The molecule has 2 aromatic heterocycles. The van der Waals surface area contributed by atoms with Crippen LogP contribution in [0, 0.1) is 6.92 Å². The molecule has 6 nitrogen and oxygen atoms in total. The highest BCUT2D eigenvalue weighted by Crippen LogP contribution is 2.39. The number of aryl methyl sites for hydroxylation is 1. The van der Waals surface area contributed by atoms with Crippen molar-refractivity contribution in [1.82, 2.24) is 14.9 Å². The number of ether oxygens (including phenoxy) is 2. The van der Waals surface area contributed by atoms with Crippen molar-refractivity contribution in [2.75, 3.05) is 26.8 Å². The van der Waals surface area contributed by atoms with E-state index in [1.165, 1.54) is 0 Å². The number of nitrogens with zero attached hydrogens (tertiary/aromatic N) is 2. The normalized spacial score (nSPS) is 16.9. The molecule has 6 heteroatoms. The highest BCUT2D eigenvalue weighted by atomic mass is 16.5. The van der Waals surface area contributed by atoms with Crippen LogP contribution in [-0.4, -0.2) is 48.1 Å². The lowest BCUT2D eigenvalue weighted by Gasteiger charge is -2.30. The lowest BCUT2D eigenvalue weighted by molar-refractivity contribution is -0.125. The Kier molecular flexibility index (Phi) is 4.64. The molecule has 1 saturated heterocycles. The highest BCUT2D eigenvalue weighted by Gasteiger charge is 2.22. The maximum absolute atomic E-state index is 11.2. The Hall–Kier alpha value is -3.38.